The molecule has 0 bridgehead atoms. The predicted octanol–water partition coefficient (Wildman–Crippen LogP) is 1.97. The molecule has 0 unspecified atom stereocenters. The van der Waals surface area contributed by atoms with E-state index in [-0.39, 0.29) is 0 Å². The minimum absolute atomic E-state index is 0.709. The van der Waals surface area contributed by atoms with Crippen molar-refractivity contribution in [3.63, 3.8) is 0 Å². The molecule has 1 saturated heterocycles. The van der Waals surface area contributed by atoms with E-state index in [4.69, 9.17) is 4.74 Å². The Hall–Kier alpha value is -0.0400. The average molecular weight is 138 g/mol. The van der Waals surface area contributed by atoms with Gasteiger partial charge in [0.2, 0.25) is 0 Å². The highest BCUT2D eigenvalue weighted by Crippen LogP contribution is 2.66. The minimum Gasteiger partial charge on any atom is -0.380 e. The summed E-state index contributed by atoms with van der Waals surface area (Å²) in [7, 11) is 0. The summed E-state index contributed by atoms with van der Waals surface area (Å²) in [5, 5.41) is 0. The third-order valence-electron chi connectivity index (χ3n) is 3.73. The van der Waals surface area contributed by atoms with Crippen LogP contribution in [0.1, 0.15) is 32.1 Å². The Morgan fingerprint density at radius 2 is 1.60 bits per heavy atom. The quantitative estimate of drug-likeness (QED) is 0.497. The Bertz CT molecular complexity index is 138. The number of hydrogen-bond acceptors (Lipinski definition) is 1. The van der Waals surface area contributed by atoms with Crippen LogP contribution >= 0.6 is 0 Å². The van der Waals surface area contributed by atoms with Crippen molar-refractivity contribution in [3.8, 4) is 0 Å². The van der Waals surface area contributed by atoms with Crippen molar-refractivity contribution >= 4 is 0 Å². The van der Waals surface area contributed by atoms with Gasteiger partial charge in [-0.3, -0.25) is 0 Å². The van der Waals surface area contributed by atoms with Crippen LogP contribution in [-0.2, 0) is 4.74 Å². The van der Waals surface area contributed by atoms with E-state index >= 15 is 0 Å². The highest BCUT2D eigenvalue weighted by atomic mass is 16.5. The first-order valence-electron chi connectivity index (χ1n) is 4.41. The Kier molecular flexibility index (Phi) is 0.797. The molecule has 3 aliphatic rings. The van der Waals surface area contributed by atoms with Crippen molar-refractivity contribution < 1.29 is 4.74 Å². The third-order valence-corrected chi connectivity index (χ3v) is 3.73. The fourth-order valence-electron chi connectivity index (χ4n) is 3.16. The van der Waals surface area contributed by atoms with Gasteiger partial charge < -0.3 is 4.74 Å². The van der Waals surface area contributed by atoms with Crippen molar-refractivity contribution in [1.29, 1.82) is 0 Å². The van der Waals surface area contributed by atoms with E-state index < -0.39 is 0 Å². The van der Waals surface area contributed by atoms with Crippen LogP contribution < -0.4 is 0 Å². The van der Waals surface area contributed by atoms with Gasteiger partial charge in [-0.15, -0.1) is 0 Å². The van der Waals surface area contributed by atoms with Gasteiger partial charge in [-0.2, -0.15) is 0 Å². The van der Waals surface area contributed by atoms with E-state index in [1.165, 1.54) is 32.1 Å². The largest absolute Gasteiger partial charge is 0.380 e. The molecule has 0 atom stereocenters. The second-order valence-electron chi connectivity index (χ2n) is 4.70. The van der Waals surface area contributed by atoms with Crippen molar-refractivity contribution in [2.24, 2.45) is 10.8 Å². The Morgan fingerprint density at radius 1 is 0.900 bits per heavy atom. The van der Waals surface area contributed by atoms with Crippen LogP contribution in [0.2, 0.25) is 0 Å². The summed E-state index contributed by atoms with van der Waals surface area (Å²) in [6, 6.07) is 0. The lowest BCUT2D eigenvalue weighted by molar-refractivity contribution is -0.231. The standard InChI is InChI=1S/C9H14O/c1-2-8(3-1)4-9(5-8)6-10-7-9/h1-7H2. The molecule has 2 spiro atoms. The average Bonchev–Trinajstić information content (AvgIpc) is 1.52. The zero-order valence-corrected chi connectivity index (χ0v) is 6.36. The Labute approximate surface area is 61.8 Å². The number of rotatable bonds is 0. The van der Waals surface area contributed by atoms with Gasteiger partial charge in [-0.1, -0.05) is 6.42 Å². The normalized spacial score (nSPS) is 38.4. The molecule has 0 N–H and O–H groups in total. The summed E-state index contributed by atoms with van der Waals surface area (Å²) >= 11 is 0. The lowest BCUT2D eigenvalue weighted by Crippen LogP contribution is -2.59. The van der Waals surface area contributed by atoms with Crippen LogP contribution in [0.5, 0.6) is 0 Å². The van der Waals surface area contributed by atoms with Gasteiger partial charge in [0.25, 0.3) is 0 Å². The molecule has 1 heteroatoms. The molecule has 3 rings (SSSR count). The van der Waals surface area contributed by atoms with E-state index in [9.17, 15) is 0 Å². The first-order valence-corrected chi connectivity index (χ1v) is 4.41. The third kappa shape index (κ3) is 0.493. The molecule has 0 amide bonds. The molecule has 0 aromatic heterocycles. The van der Waals surface area contributed by atoms with Gasteiger partial charge in [0.15, 0.2) is 0 Å². The zero-order chi connectivity index (χ0) is 6.66. The predicted molar refractivity (Wildman–Crippen MR) is 38.8 cm³/mol. The fourth-order valence-corrected chi connectivity index (χ4v) is 3.16. The smallest absolute Gasteiger partial charge is 0.0545 e. The summed E-state index contributed by atoms with van der Waals surface area (Å²) in [5.41, 5.74) is 1.56. The van der Waals surface area contributed by atoms with E-state index in [1.54, 1.807) is 0 Å². The molecule has 0 aromatic carbocycles. The van der Waals surface area contributed by atoms with Gasteiger partial charge in [-0.25, -0.2) is 0 Å². The van der Waals surface area contributed by atoms with Crippen LogP contribution in [-0.4, -0.2) is 13.2 Å². The van der Waals surface area contributed by atoms with Crippen molar-refractivity contribution in [3.05, 3.63) is 0 Å². The summed E-state index contributed by atoms with van der Waals surface area (Å²) in [5.74, 6) is 0. The molecule has 1 heterocycles. The molecule has 0 radical (unpaired) electrons. The lowest BCUT2D eigenvalue weighted by Gasteiger charge is -2.64. The summed E-state index contributed by atoms with van der Waals surface area (Å²) in [4.78, 5) is 0. The number of ether oxygens (including phenoxy) is 1. The van der Waals surface area contributed by atoms with Crippen LogP contribution in [0.4, 0.5) is 0 Å². The van der Waals surface area contributed by atoms with Crippen LogP contribution in [0, 0.1) is 10.8 Å². The van der Waals surface area contributed by atoms with Crippen LogP contribution in [0.25, 0.3) is 0 Å². The number of hydrogen-bond donors (Lipinski definition) is 0. The summed E-state index contributed by atoms with van der Waals surface area (Å²) in [6.07, 6.45) is 7.54. The molecule has 56 valence electrons. The molecule has 10 heavy (non-hydrogen) atoms. The maximum atomic E-state index is 5.24. The van der Waals surface area contributed by atoms with Crippen molar-refractivity contribution in [2.75, 3.05) is 13.2 Å². The second-order valence-corrected chi connectivity index (χ2v) is 4.70. The van der Waals surface area contributed by atoms with E-state index in [1.807, 2.05) is 0 Å². The Balaban J connectivity index is 1.69. The molecule has 2 saturated carbocycles. The monoisotopic (exact) mass is 138 g/mol. The van der Waals surface area contributed by atoms with Gasteiger partial charge >= 0.3 is 0 Å². The molecule has 0 aromatic rings. The Morgan fingerprint density at radius 3 is 1.90 bits per heavy atom. The minimum atomic E-state index is 0.709. The first kappa shape index (κ1) is 5.59. The summed E-state index contributed by atoms with van der Waals surface area (Å²) < 4.78 is 5.24. The zero-order valence-electron chi connectivity index (χ0n) is 6.36. The maximum Gasteiger partial charge on any atom is 0.0545 e. The highest BCUT2D eigenvalue weighted by Gasteiger charge is 2.59. The van der Waals surface area contributed by atoms with Crippen molar-refractivity contribution in [2.45, 2.75) is 32.1 Å². The van der Waals surface area contributed by atoms with Gasteiger partial charge in [-0.05, 0) is 31.1 Å². The fraction of sp³-hybridized carbons (Fsp3) is 1.00. The SMILES string of the molecule is C1CC2(C1)CC1(COC1)C2. The van der Waals surface area contributed by atoms with E-state index in [0.29, 0.717) is 5.41 Å². The molecule has 1 aliphatic heterocycles. The second kappa shape index (κ2) is 1.42. The first-order chi connectivity index (χ1) is 4.83. The van der Waals surface area contributed by atoms with E-state index in [0.717, 1.165) is 18.6 Å². The van der Waals surface area contributed by atoms with Crippen LogP contribution in [0.15, 0.2) is 0 Å². The van der Waals surface area contributed by atoms with E-state index in [2.05, 4.69) is 0 Å². The van der Waals surface area contributed by atoms with Crippen LogP contribution in [0.3, 0.4) is 0 Å². The molecule has 2 aliphatic carbocycles. The topological polar surface area (TPSA) is 9.23 Å². The van der Waals surface area contributed by atoms with Gasteiger partial charge in [0.05, 0.1) is 13.2 Å². The molecule has 3 fully saturated rings. The summed E-state index contributed by atoms with van der Waals surface area (Å²) in [6.45, 7) is 2.16. The highest BCUT2D eigenvalue weighted by molar-refractivity contribution is 5.09. The molecule has 1 nitrogen and oxygen atoms in total. The maximum absolute atomic E-state index is 5.24. The van der Waals surface area contributed by atoms with Gasteiger partial charge in [0, 0.05) is 5.41 Å². The van der Waals surface area contributed by atoms with Gasteiger partial charge in [0.1, 0.15) is 0 Å². The molecular weight excluding hydrogens is 124 g/mol. The lowest BCUT2D eigenvalue weighted by atomic mass is 9.45. The van der Waals surface area contributed by atoms with Crippen molar-refractivity contribution in [1.82, 2.24) is 0 Å². The molecular formula is C9H14O.